The molecule has 16 heteroatoms. The Morgan fingerprint density at radius 1 is 1.12 bits per heavy atom. The van der Waals surface area contributed by atoms with Gasteiger partial charge in [-0.2, -0.15) is 13.2 Å². The fourth-order valence-corrected chi connectivity index (χ4v) is 6.07. The van der Waals surface area contributed by atoms with Crippen LogP contribution in [0.5, 0.6) is 5.75 Å². The molecule has 3 aromatic rings. The van der Waals surface area contributed by atoms with Crippen LogP contribution in [-0.2, 0) is 14.6 Å². The lowest BCUT2D eigenvalue weighted by atomic mass is 9.87. The molecule has 11 nitrogen and oxygen atoms in total. The van der Waals surface area contributed by atoms with Crippen molar-refractivity contribution in [3.8, 4) is 17.2 Å². The highest BCUT2D eigenvalue weighted by Crippen LogP contribution is 2.45. The summed E-state index contributed by atoms with van der Waals surface area (Å²) in [4.78, 5) is 40.6. The molecule has 1 aromatic heterocycles. The van der Waals surface area contributed by atoms with Gasteiger partial charge in [0.15, 0.2) is 5.69 Å². The lowest BCUT2D eigenvalue weighted by Gasteiger charge is -2.28. The Morgan fingerprint density at radius 2 is 1.84 bits per heavy atom. The second-order valence-corrected chi connectivity index (χ2v) is 11.8. The number of hydrogen-bond acceptors (Lipinski definition) is 8. The first-order valence-corrected chi connectivity index (χ1v) is 14.0. The molecule has 2 aromatic carbocycles. The number of nitrogens with one attached hydrogen (secondary N) is 2. The zero-order valence-electron chi connectivity index (χ0n) is 21.9. The number of aromatic nitrogens is 1. The van der Waals surface area contributed by atoms with Crippen LogP contribution in [0.15, 0.2) is 64.1 Å². The van der Waals surface area contributed by atoms with E-state index in [0.717, 1.165) is 30.5 Å². The number of carbonyl (C=O) groups is 3. The van der Waals surface area contributed by atoms with Crippen molar-refractivity contribution in [2.45, 2.75) is 22.9 Å². The van der Waals surface area contributed by atoms with Gasteiger partial charge in [-0.05, 0) is 42.5 Å². The number of carboxylic acid groups (broad SMARTS) is 1. The van der Waals surface area contributed by atoms with Gasteiger partial charge in [0.25, 0.3) is 15.7 Å². The number of benzene rings is 2. The number of fused-ring (bicyclic) bond motifs is 2. The second kappa shape index (κ2) is 10.8. The van der Waals surface area contributed by atoms with Crippen LogP contribution in [0.4, 0.5) is 23.2 Å². The predicted molar refractivity (Wildman–Crippen MR) is 139 cm³/mol. The number of anilines is 1. The van der Waals surface area contributed by atoms with Crippen molar-refractivity contribution in [2.75, 3.05) is 12.4 Å². The Kier molecular flexibility index (Phi) is 7.50. The molecule has 0 aliphatic heterocycles. The molecule has 2 aliphatic carbocycles. The molecule has 226 valence electrons. The summed E-state index contributed by atoms with van der Waals surface area (Å²) in [6.45, 7) is 0. The molecular formula is C27H21F4N3O8S. The molecule has 0 saturated heterocycles. The maximum atomic E-state index is 14.8. The Balaban J connectivity index is 1.40. The zero-order chi connectivity index (χ0) is 31.3. The van der Waals surface area contributed by atoms with Crippen molar-refractivity contribution >= 4 is 33.3 Å². The summed E-state index contributed by atoms with van der Waals surface area (Å²) >= 11 is 0. The molecule has 0 radical (unpaired) electrons. The van der Waals surface area contributed by atoms with Crippen LogP contribution < -0.4 is 15.4 Å². The van der Waals surface area contributed by atoms with E-state index in [1.54, 1.807) is 6.08 Å². The number of aromatic carboxylic acids is 1. The normalized spacial score (nSPS) is 21.0. The average Bonchev–Trinajstić information content (AvgIpc) is 3.69. The number of rotatable bonds is 8. The lowest BCUT2D eigenvalue weighted by molar-refractivity contribution is -0.121. The number of halogens is 4. The van der Waals surface area contributed by atoms with Gasteiger partial charge in [-0.1, -0.05) is 18.2 Å². The van der Waals surface area contributed by atoms with Gasteiger partial charge in [0.05, 0.1) is 29.1 Å². The predicted octanol–water partition coefficient (Wildman–Crippen LogP) is 4.04. The number of alkyl halides is 3. The molecule has 4 unspecified atom stereocenters. The van der Waals surface area contributed by atoms with Crippen LogP contribution in [0, 0.1) is 23.6 Å². The summed E-state index contributed by atoms with van der Waals surface area (Å²) in [5, 5.41) is 14.3. The van der Waals surface area contributed by atoms with E-state index >= 15 is 0 Å². The van der Waals surface area contributed by atoms with Gasteiger partial charge in [-0.3, -0.25) is 9.59 Å². The molecule has 2 bridgehead atoms. The molecule has 3 N–H and O–H groups in total. The highest BCUT2D eigenvalue weighted by Gasteiger charge is 2.49. The minimum atomic E-state index is -5.65. The van der Waals surface area contributed by atoms with Gasteiger partial charge >= 0.3 is 11.5 Å². The van der Waals surface area contributed by atoms with Crippen molar-refractivity contribution in [3.63, 3.8) is 0 Å². The van der Waals surface area contributed by atoms with Gasteiger partial charge < -0.3 is 24.9 Å². The van der Waals surface area contributed by atoms with Gasteiger partial charge in [0.2, 0.25) is 11.8 Å². The zero-order valence-corrected chi connectivity index (χ0v) is 22.7. The van der Waals surface area contributed by atoms with E-state index < -0.39 is 67.4 Å². The number of oxazole rings is 1. The van der Waals surface area contributed by atoms with Crippen LogP contribution in [0.25, 0.3) is 11.5 Å². The molecule has 1 saturated carbocycles. The Morgan fingerprint density at radius 3 is 2.49 bits per heavy atom. The number of sulfone groups is 1. The largest absolute Gasteiger partial charge is 0.501 e. The third-order valence-electron chi connectivity index (χ3n) is 7.26. The number of carboxylic acids is 1. The van der Waals surface area contributed by atoms with E-state index in [0.29, 0.717) is 12.5 Å². The molecule has 2 aliphatic rings. The molecule has 4 atom stereocenters. The number of carbonyl (C=O) groups excluding carboxylic acids is 2. The molecular weight excluding hydrogens is 602 g/mol. The smallest absolute Gasteiger partial charge is 0.496 e. The highest BCUT2D eigenvalue weighted by atomic mass is 32.2. The van der Waals surface area contributed by atoms with Gasteiger partial charge in [-0.15, -0.1) is 0 Å². The topological polar surface area (TPSA) is 165 Å². The first kappa shape index (κ1) is 29.8. The van der Waals surface area contributed by atoms with E-state index in [9.17, 15) is 40.4 Å². The minimum absolute atomic E-state index is 0.175. The monoisotopic (exact) mass is 623 g/mol. The number of hydrogen-bond donors (Lipinski definition) is 3. The van der Waals surface area contributed by atoms with Crippen molar-refractivity contribution in [3.05, 3.63) is 71.9 Å². The SMILES string of the molecule is COc1cc(F)c(-c2nc(C(=O)O)co2)cc1C(=O)NC1C2C=CC(C2)C1C(=O)Nc1cccc(S(=O)(=O)C(F)(F)F)c1. The fourth-order valence-electron chi connectivity index (χ4n) is 5.27. The van der Waals surface area contributed by atoms with Gasteiger partial charge in [-0.25, -0.2) is 22.6 Å². The third kappa shape index (κ3) is 5.45. The maximum absolute atomic E-state index is 14.8. The van der Waals surface area contributed by atoms with E-state index in [-0.39, 0.29) is 34.4 Å². The molecule has 2 amide bonds. The number of ether oxygens (including phenoxy) is 1. The quantitative estimate of drug-likeness (QED) is 0.248. The summed E-state index contributed by atoms with van der Waals surface area (Å²) in [7, 11) is -4.46. The summed E-state index contributed by atoms with van der Waals surface area (Å²) < 4.78 is 87.7. The van der Waals surface area contributed by atoms with E-state index in [1.165, 1.54) is 13.2 Å². The maximum Gasteiger partial charge on any atom is 0.501 e. The molecule has 43 heavy (non-hydrogen) atoms. The number of methoxy groups -OCH3 is 1. The summed E-state index contributed by atoms with van der Waals surface area (Å²) in [5.41, 5.74) is -6.71. The van der Waals surface area contributed by atoms with Crippen LogP contribution in [-0.4, -0.2) is 55.0 Å². The molecule has 1 fully saturated rings. The van der Waals surface area contributed by atoms with Gasteiger partial charge in [0, 0.05) is 17.8 Å². The fraction of sp³-hybridized carbons (Fsp3) is 0.259. The van der Waals surface area contributed by atoms with Crippen LogP contribution in [0.1, 0.15) is 27.3 Å². The molecule has 5 rings (SSSR count). The Hall–Kier alpha value is -4.73. The minimum Gasteiger partial charge on any atom is -0.496 e. The van der Waals surface area contributed by atoms with Crippen molar-refractivity contribution in [1.29, 1.82) is 0 Å². The van der Waals surface area contributed by atoms with Crippen LogP contribution >= 0.6 is 0 Å². The summed E-state index contributed by atoms with van der Waals surface area (Å²) in [5.74, 6) is -5.87. The average molecular weight is 624 g/mol. The van der Waals surface area contributed by atoms with Crippen molar-refractivity contribution in [2.24, 2.45) is 17.8 Å². The Labute approximate surface area is 240 Å². The number of nitrogens with zero attached hydrogens (tertiary/aromatic N) is 1. The molecule has 0 spiro atoms. The van der Waals surface area contributed by atoms with Crippen LogP contribution in [0.2, 0.25) is 0 Å². The lowest BCUT2D eigenvalue weighted by Crippen LogP contribution is -2.47. The van der Waals surface area contributed by atoms with E-state index in [4.69, 9.17) is 14.3 Å². The first-order chi connectivity index (χ1) is 20.2. The van der Waals surface area contributed by atoms with Crippen molar-refractivity contribution < 1.29 is 54.6 Å². The Bertz CT molecular complexity index is 1770. The molecule has 1 heterocycles. The first-order valence-electron chi connectivity index (χ1n) is 12.5. The van der Waals surface area contributed by atoms with Gasteiger partial charge in [0.1, 0.15) is 17.8 Å². The summed E-state index contributed by atoms with van der Waals surface area (Å²) in [6.07, 6.45) is 4.87. The standard InChI is InChI=1S/C27H21F4N3O8S/c1-41-20-10-18(28)16(25-33-19(11-42-25)26(37)38)9-17(20)23(35)34-22-13-6-5-12(7-13)21(22)24(36)32-14-3-2-4-15(8-14)43(39,40)27(29,30)31/h2-6,8-13,21-22H,7H2,1H3,(H,32,36)(H,34,35)(H,37,38). The van der Waals surface area contributed by atoms with Crippen LogP contribution in [0.3, 0.4) is 0 Å². The summed E-state index contributed by atoms with van der Waals surface area (Å²) in [6, 6.07) is 4.89. The van der Waals surface area contributed by atoms with E-state index in [2.05, 4.69) is 15.6 Å². The number of amides is 2. The third-order valence-corrected chi connectivity index (χ3v) is 8.75. The highest BCUT2D eigenvalue weighted by molar-refractivity contribution is 7.92. The number of allylic oxidation sites excluding steroid dienone is 1. The second-order valence-electron chi connectivity index (χ2n) is 9.81. The van der Waals surface area contributed by atoms with E-state index in [1.807, 2.05) is 6.08 Å². The van der Waals surface area contributed by atoms with Crippen molar-refractivity contribution in [1.82, 2.24) is 10.3 Å².